The van der Waals surface area contributed by atoms with Crippen LogP contribution >= 0.6 is 7.37 Å². The number of hydrogen-bond acceptors (Lipinski definition) is 5. The maximum Gasteiger partial charge on any atom is 0.213 e. The Morgan fingerprint density at radius 3 is 2.38 bits per heavy atom. The van der Waals surface area contributed by atoms with Crippen LogP contribution in [0.2, 0.25) is 0 Å². The highest BCUT2D eigenvalue weighted by Crippen LogP contribution is 2.40. The summed E-state index contributed by atoms with van der Waals surface area (Å²) in [5.74, 6) is 0.0283. The van der Waals surface area contributed by atoms with Gasteiger partial charge in [0.15, 0.2) is 7.37 Å². The van der Waals surface area contributed by atoms with Crippen LogP contribution in [0, 0.1) is 12.7 Å². The van der Waals surface area contributed by atoms with Gasteiger partial charge in [0.2, 0.25) is 5.88 Å². The number of nitrogens with zero attached hydrogens (tertiary/aromatic N) is 3. The molecule has 3 rings (SSSR count). The molecule has 0 aliphatic carbocycles. The van der Waals surface area contributed by atoms with E-state index >= 15 is 0 Å². The van der Waals surface area contributed by atoms with Gasteiger partial charge in [-0.3, -0.25) is 14.4 Å². The first kappa shape index (κ1) is 29.0. The molecular formula is C29H39FN3O3P. The Bertz CT molecular complexity index is 1250. The zero-order valence-corrected chi connectivity index (χ0v) is 23.8. The van der Waals surface area contributed by atoms with Gasteiger partial charge in [0.05, 0.1) is 6.20 Å². The molecule has 1 N–H and O–H groups in total. The maximum atomic E-state index is 14.8. The van der Waals surface area contributed by atoms with E-state index in [0.29, 0.717) is 36.7 Å². The molecule has 0 fully saturated rings. The smallest absolute Gasteiger partial charge is 0.213 e. The van der Waals surface area contributed by atoms with E-state index in [2.05, 4.69) is 48.6 Å². The molecule has 2 aromatic heterocycles. The zero-order valence-electron chi connectivity index (χ0n) is 22.9. The minimum atomic E-state index is -3.13. The third kappa shape index (κ3) is 8.19. The highest BCUT2D eigenvalue weighted by molar-refractivity contribution is 7.57. The number of aryl methyl sites for hydroxylation is 1. The van der Waals surface area contributed by atoms with E-state index in [9.17, 15) is 13.8 Å². The molecule has 1 aromatic carbocycles. The Balaban J connectivity index is 1.89. The van der Waals surface area contributed by atoms with E-state index in [4.69, 9.17) is 4.74 Å². The second-order valence-corrected chi connectivity index (χ2v) is 13.0. The summed E-state index contributed by atoms with van der Waals surface area (Å²) in [7, 11) is -3.13. The lowest BCUT2D eigenvalue weighted by Crippen LogP contribution is -2.36. The molecule has 0 bridgehead atoms. The first-order valence-electron chi connectivity index (χ1n) is 12.7. The van der Waals surface area contributed by atoms with Crippen molar-refractivity contribution in [2.75, 3.05) is 12.8 Å². The van der Waals surface area contributed by atoms with Gasteiger partial charge in [-0.05, 0) is 74.9 Å². The Morgan fingerprint density at radius 2 is 1.73 bits per heavy atom. The third-order valence-electron chi connectivity index (χ3n) is 6.46. The third-order valence-corrected chi connectivity index (χ3v) is 7.68. The van der Waals surface area contributed by atoms with Crippen LogP contribution in [-0.2, 0) is 17.7 Å². The molecule has 0 aliphatic rings. The van der Waals surface area contributed by atoms with E-state index in [-0.39, 0.29) is 17.9 Å². The van der Waals surface area contributed by atoms with E-state index in [1.807, 2.05) is 38.1 Å². The monoisotopic (exact) mass is 527 g/mol. The van der Waals surface area contributed by atoms with E-state index in [0.717, 1.165) is 27.9 Å². The second kappa shape index (κ2) is 12.3. The van der Waals surface area contributed by atoms with Crippen LogP contribution in [0.5, 0.6) is 5.88 Å². The summed E-state index contributed by atoms with van der Waals surface area (Å²) in [6.45, 7) is 14.8. The molecule has 37 heavy (non-hydrogen) atoms. The van der Waals surface area contributed by atoms with Gasteiger partial charge in [-0.25, -0.2) is 9.37 Å². The molecule has 0 amide bonds. The van der Waals surface area contributed by atoms with Gasteiger partial charge >= 0.3 is 0 Å². The SMILES string of the molecule is Cc1cc(-c2ccc(COc3cc(C(C)CP(C)(=O)O)ccn3)cc2CN(C(C)C)C(C)C)c(F)cn1. The second-order valence-electron chi connectivity index (χ2n) is 10.5. The van der Waals surface area contributed by atoms with E-state index in [1.165, 1.54) is 12.9 Å². The molecule has 2 unspecified atom stereocenters. The summed E-state index contributed by atoms with van der Waals surface area (Å²) >= 11 is 0. The van der Waals surface area contributed by atoms with Crippen molar-refractivity contribution in [3.8, 4) is 17.0 Å². The van der Waals surface area contributed by atoms with Crippen LogP contribution in [-0.4, -0.2) is 44.7 Å². The summed E-state index contributed by atoms with van der Waals surface area (Å²) in [6, 6.07) is 12.1. The van der Waals surface area contributed by atoms with Crippen molar-refractivity contribution in [3.05, 3.63) is 77.0 Å². The Hall–Kier alpha value is -2.60. The topological polar surface area (TPSA) is 75.6 Å². The van der Waals surface area contributed by atoms with Crippen LogP contribution in [0.3, 0.4) is 0 Å². The van der Waals surface area contributed by atoms with E-state index < -0.39 is 7.37 Å². The summed E-state index contributed by atoms with van der Waals surface area (Å²) in [5.41, 5.74) is 5.03. The molecular weight excluding hydrogens is 488 g/mol. The van der Waals surface area contributed by atoms with Crippen LogP contribution in [0.1, 0.15) is 62.9 Å². The fourth-order valence-corrected chi connectivity index (χ4v) is 5.85. The molecule has 0 aliphatic heterocycles. The summed E-state index contributed by atoms with van der Waals surface area (Å²) in [5, 5.41) is 0. The lowest BCUT2D eigenvalue weighted by Gasteiger charge is -2.31. The molecule has 2 atom stereocenters. The largest absolute Gasteiger partial charge is 0.473 e. The first-order chi connectivity index (χ1) is 17.3. The van der Waals surface area contributed by atoms with Gasteiger partial charge in [-0.15, -0.1) is 0 Å². The van der Waals surface area contributed by atoms with Crippen molar-refractivity contribution >= 4 is 7.37 Å². The summed E-state index contributed by atoms with van der Waals surface area (Å²) in [4.78, 5) is 20.5. The lowest BCUT2D eigenvalue weighted by atomic mass is 9.96. The molecule has 200 valence electrons. The minimum absolute atomic E-state index is 0.0890. The first-order valence-corrected chi connectivity index (χ1v) is 15.0. The van der Waals surface area contributed by atoms with Gasteiger partial charge in [0.1, 0.15) is 12.4 Å². The quantitative estimate of drug-likeness (QED) is 0.277. The fraction of sp³-hybridized carbons (Fsp3) is 0.448. The molecule has 8 heteroatoms. The molecule has 0 saturated carbocycles. The predicted octanol–water partition coefficient (Wildman–Crippen LogP) is 6.79. The molecule has 2 heterocycles. The number of rotatable bonds is 11. The van der Waals surface area contributed by atoms with Crippen LogP contribution in [0.4, 0.5) is 4.39 Å². The van der Waals surface area contributed by atoms with Gasteiger partial charge < -0.3 is 9.63 Å². The van der Waals surface area contributed by atoms with Crippen LogP contribution in [0.25, 0.3) is 11.1 Å². The van der Waals surface area contributed by atoms with Crippen molar-refractivity contribution < 1.29 is 18.6 Å². The number of pyridine rings is 2. The minimum Gasteiger partial charge on any atom is -0.473 e. The number of ether oxygens (including phenoxy) is 1. The Kier molecular flexibility index (Phi) is 9.63. The fourth-order valence-electron chi connectivity index (χ4n) is 4.62. The predicted molar refractivity (Wildman–Crippen MR) is 148 cm³/mol. The van der Waals surface area contributed by atoms with E-state index in [1.54, 1.807) is 12.3 Å². The standard InChI is InChI=1S/C29H39FN3O3P/c1-19(2)33(20(3)4)16-25-13-23(8-9-26(25)27-12-22(6)32-15-28(27)30)17-36-29-14-24(10-11-31-29)21(5)18-37(7,34)35/h8-15,19-21H,16-18H2,1-7H3,(H,34,35). The van der Waals surface area contributed by atoms with Crippen LogP contribution in [0.15, 0.2) is 48.8 Å². The van der Waals surface area contributed by atoms with Crippen molar-refractivity contribution in [2.45, 2.75) is 72.7 Å². The number of halogens is 1. The van der Waals surface area contributed by atoms with Crippen molar-refractivity contribution in [1.29, 1.82) is 0 Å². The number of benzene rings is 1. The molecule has 0 saturated heterocycles. The number of hydrogen-bond donors (Lipinski definition) is 1. The summed E-state index contributed by atoms with van der Waals surface area (Å²) in [6.07, 6.45) is 3.14. The summed E-state index contributed by atoms with van der Waals surface area (Å²) < 4.78 is 32.7. The van der Waals surface area contributed by atoms with Crippen molar-refractivity contribution in [3.63, 3.8) is 0 Å². The highest BCUT2D eigenvalue weighted by atomic mass is 31.2. The van der Waals surface area contributed by atoms with Gasteiger partial charge in [0, 0.05) is 55.0 Å². The Morgan fingerprint density at radius 1 is 1.03 bits per heavy atom. The average molecular weight is 528 g/mol. The molecule has 0 spiro atoms. The van der Waals surface area contributed by atoms with Crippen molar-refractivity contribution in [1.82, 2.24) is 14.9 Å². The lowest BCUT2D eigenvalue weighted by molar-refractivity contribution is 0.166. The van der Waals surface area contributed by atoms with Crippen LogP contribution < -0.4 is 4.74 Å². The van der Waals surface area contributed by atoms with Gasteiger partial charge in [0.25, 0.3) is 0 Å². The highest BCUT2D eigenvalue weighted by Gasteiger charge is 2.20. The van der Waals surface area contributed by atoms with Crippen molar-refractivity contribution in [2.24, 2.45) is 0 Å². The van der Waals surface area contributed by atoms with Gasteiger partial charge in [-0.2, -0.15) is 0 Å². The number of aromatic nitrogens is 2. The maximum absolute atomic E-state index is 14.8. The molecule has 6 nitrogen and oxygen atoms in total. The van der Waals surface area contributed by atoms with Gasteiger partial charge in [-0.1, -0.05) is 25.1 Å². The normalized spacial score (nSPS) is 14.3. The molecule has 3 aromatic rings. The zero-order chi connectivity index (χ0) is 27.3. The molecule has 0 radical (unpaired) electrons. The average Bonchev–Trinajstić information content (AvgIpc) is 2.81. The Labute approximate surface area is 220 Å².